The number of nitrogens with two attached hydrogens (primary N) is 1. The summed E-state index contributed by atoms with van der Waals surface area (Å²) >= 11 is 0. The average molecular weight is 358 g/mol. The second kappa shape index (κ2) is 9.01. The van der Waals surface area contributed by atoms with Gasteiger partial charge in [0.1, 0.15) is 0 Å². The number of carbonyl (C=O) groups excluding carboxylic acids is 1. The molecular weight excluding hydrogens is 322 g/mol. The van der Waals surface area contributed by atoms with E-state index in [1.165, 1.54) is 30.5 Å². The highest BCUT2D eigenvalue weighted by atomic mass is 16.2. The minimum Gasteiger partial charge on any atom is -0.342 e. The molecule has 2 aliphatic heterocycles. The number of rotatable bonds is 7. The van der Waals surface area contributed by atoms with Gasteiger partial charge in [-0.2, -0.15) is 0 Å². The molecule has 2 N–H and O–H groups in total. The molecule has 0 aliphatic carbocycles. The Labute approximate surface area is 158 Å². The zero-order valence-electron chi connectivity index (χ0n) is 16.4. The number of amides is 1. The predicted molar refractivity (Wildman–Crippen MR) is 107 cm³/mol. The minimum absolute atomic E-state index is 0.319. The maximum atomic E-state index is 12.3. The predicted octanol–water partition coefficient (Wildman–Crippen LogP) is 3.19. The van der Waals surface area contributed by atoms with Gasteiger partial charge in [0.05, 0.1) is 0 Å². The summed E-state index contributed by atoms with van der Waals surface area (Å²) in [5, 5.41) is 0. The zero-order valence-corrected chi connectivity index (χ0v) is 16.4. The first kappa shape index (κ1) is 19.4. The molecule has 0 aromatic heterocycles. The largest absolute Gasteiger partial charge is 0.342 e. The number of benzene rings is 1. The molecule has 3 rings (SSSR count). The molecule has 4 heteroatoms. The van der Waals surface area contributed by atoms with Crippen molar-refractivity contribution in [2.45, 2.75) is 58.4 Å². The Bertz CT molecular complexity index is 586. The number of nitrogens with zero attached hydrogens (tertiary/aromatic N) is 2. The topological polar surface area (TPSA) is 49.6 Å². The van der Waals surface area contributed by atoms with E-state index < -0.39 is 0 Å². The molecule has 144 valence electrons. The second-order valence-electron chi connectivity index (χ2n) is 8.34. The van der Waals surface area contributed by atoms with Gasteiger partial charge in [0.15, 0.2) is 0 Å². The molecule has 1 aromatic rings. The summed E-state index contributed by atoms with van der Waals surface area (Å²) in [4.78, 5) is 17.0. The summed E-state index contributed by atoms with van der Waals surface area (Å²) in [5.74, 6) is 0.372. The Hall–Kier alpha value is -1.39. The van der Waals surface area contributed by atoms with Crippen LogP contribution in [0.2, 0.25) is 0 Å². The molecule has 2 fully saturated rings. The molecule has 0 unspecified atom stereocenters. The van der Waals surface area contributed by atoms with Crippen LogP contribution in [0.4, 0.5) is 0 Å². The normalized spacial score (nSPS) is 24.4. The zero-order chi connectivity index (χ0) is 18.4. The summed E-state index contributed by atoms with van der Waals surface area (Å²) in [7, 11) is 0. The first-order valence-electron chi connectivity index (χ1n) is 10.4. The lowest BCUT2D eigenvalue weighted by Crippen LogP contribution is -2.53. The van der Waals surface area contributed by atoms with Gasteiger partial charge in [0.2, 0.25) is 5.91 Å². The number of piperidine rings is 2. The van der Waals surface area contributed by atoms with E-state index in [4.69, 9.17) is 5.73 Å². The lowest BCUT2D eigenvalue weighted by Gasteiger charge is -2.48. The van der Waals surface area contributed by atoms with Crippen LogP contribution in [0.1, 0.15) is 56.6 Å². The van der Waals surface area contributed by atoms with E-state index in [0.717, 1.165) is 58.3 Å². The summed E-state index contributed by atoms with van der Waals surface area (Å²) < 4.78 is 0. The third-order valence-corrected chi connectivity index (χ3v) is 6.13. The van der Waals surface area contributed by atoms with Crippen LogP contribution in [0.5, 0.6) is 0 Å². The Morgan fingerprint density at radius 2 is 1.88 bits per heavy atom. The molecule has 1 aromatic carbocycles. The van der Waals surface area contributed by atoms with Gasteiger partial charge >= 0.3 is 0 Å². The van der Waals surface area contributed by atoms with E-state index in [1.807, 2.05) is 0 Å². The van der Waals surface area contributed by atoms with Crippen LogP contribution in [0.3, 0.4) is 0 Å². The van der Waals surface area contributed by atoms with Crippen molar-refractivity contribution in [3.8, 4) is 0 Å². The van der Waals surface area contributed by atoms with E-state index in [9.17, 15) is 4.79 Å². The Balaban J connectivity index is 1.60. The van der Waals surface area contributed by atoms with Gasteiger partial charge in [-0.1, -0.05) is 37.6 Å². The summed E-state index contributed by atoms with van der Waals surface area (Å²) in [6, 6.07) is 8.94. The van der Waals surface area contributed by atoms with Crippen molar-refractivity contribution in [3.63, 3.8) is 0 Å². The first-order chi connectivity index (χ1) is 12.6. The molecule has 1 amide bonds. The van der Waals surface area contributed by atoms with Crippen LogP contribution in [0.25, 0.3) is 0 Å². The van der Waals surface area contributed by atoms with Gasteiger partial charge in [-0.05, 0) is 56.3 Å². The fourth-order valence-electron chi connectivity index (χ4n) is 4.67. The summed E-state index contributed by atoms with van der Waals surface area (Å²) in [5.41, 5.74) is 8.67. The first-order valence-corrected chi connectivity index (χ1v) is 10.4. The van der Waals surface area contributed by atoms with Gasteiger partial charge in [-0.25, -0.2) is 0 Å². The maximum absolute atomic E-state index is 12.3. The number of likely N-dealkylation sites (tertiary alicyclic amines) is 2. The molecule has 1 spiro atoms. The highest BCUT2D eigenvalue weighted by molar-refractivity contribution is 5.77. The molecule has 0 bridgehead atoms. The van der Waals surface area contributed by atoms with E-state index >= 15 is 0 Å². The number of carbonyl (C=O) groups is 1. The van der Waals surface area contributed by atoms with Gasteiger partial charge < -0.3 is 10.6 Å². The molecule has 2 saturated heterocycles. The SMILES string of the molecule is CCCCN1C[C@@]2(CCCN(Cc3ccc(CCN)cc3)C2)CCC1=O. The second-order valence-corrected chi connectivity index (χ2v) is 8.34. The van der Waals surface area contributed by atoms with Crippen LogP contribution in [0.15, 0.2) is 24.3 Å². The smallest absolute Gasteiger partial charge is 0.222 e. The molecule has 2 aliphatic rings. The van der Waals surface area contributed by atoms with Crippen molar-refractivity contribution in [2.75, 3.05) is 32.7 Å². The quantitative estimate of drug-likeness (QED) is 0.815. The number of unbranched alkanes of at least 4 members (excludes halogenated alkanes) is 1. The van der Waals surface area contributed by atoms with E-state index in [2.05, 4.69) is 41.0 Å². The molecule has 0 radical (unpaired) electrons. The molecule has 4 nitrogen and oxygen atoms in total. The van der Waals surface area contributed by atoms with Gasteiger partial charge in [-0.15, -0.1) is 0 Å². The van der Waals surface area contributed by atoms with Crippen molar-refractivity contribution in [1.29, 1.82) is 0 Å². The highest BCUT2D eigenvalue weighted by Gasteiger charge is 2.41. The number of hydrogen-bond acceptors (Lipinski definition) is 3. The van der Waals surface area contributed by atoms with Gasteiger partial charge in [-0.3, -0.25) is 9.69 Å². The third kappa shape index (κ3) is 4.86. The van der Waals surface area contributed by atoms with Crippen molar-refractivity contribution < 1.29 is 4.79 Å². The third-order valence-electron chi connectivity index (χ3n) is 6.13. The van der Waals surface area contributed by atoms with Crippen LogP contribution in [-0.4, -0.2) is 48.4 Å². The van der Waals surface area contributed by atoms with Crippen LogP contribution in [0, 0.1) is 5.41 Å². The monoisotopic (exact) mass is 357 g/mol. The average Bonchev–Trinajstić information content (AvgIpc) is 2.65. The van der Waals surface area contributed by atoms with Crippen LogP contribution in [-0.2, 0) is 17.8 Å². The van der Waals surface area contributed by atoms with Crippen molar-refractivity contribution in [2.24, 2.45) is 11.1 Å². The molecule has 26 heavy (non-hydrogen) atoms. The van der Waals surface area contributed by atoms with Crippen LogP contribution >= 0.6 is 0 Å². The molecule has 2 heterocycles. The van der Waals surface area contributed by atoms with Crippen LogP contribution < -0.4 is 5.73 Å². The lowest BCUT2D eigenvalue weighted by molar-refractivity contribution is -0.139. The molecule has 1 atom stereocenters. The minimum atomic E-state index is 0.319. The highest BCUT2D eigenvalue weighted by Crippen LogP contribution is 2.39. The lowest BCUT2D eigenvalue weighted by atomic mass is 9.73. The van der Waals surface area contributed by atoms with Crippen molar-refractivity contribution in [1.82, 2.24) is 9.80 Å². The van der Waals surface area contributed by atoms with Gasteiger partial charge in [0, 0.05) is 38.0 Å². The Morgan fingerprint density at radius 3 is 2.62 bits per heavy atom. The summed E-state index contributed by atoms with van der Waals surface area (Å²) in [6.45, 7) is 8.15. The van der Waals surface area contributed by atoms with E-state index in [-0.39, 0.29) is 0 Å². The molecule has 0 saturated carbocycles. The van der Waals surface area contributed by atoms with Crippen molar-refractivity contribution >= 4 is 5.91 Å². The Morgan fingerprint density at radius 1 is 1.12 bits per heavy atom. The van der Waals surface area contributed by atoms with E-state index in [0.29, 0.717) is 17.9 Å². The van der Waals surface area contributed by atoms with Crippen molar-refractivity contribution in [3.05, 3.63) is 35.4 Å². The summed E-state index contributed by atoms with van der Waals surface area (Å²) in [6.07, 6.45) is 7.57. The standard InChI is InChI=1S/C22H35N3O/c1-2-3-15-25-18-22(12-9-21(25)26)11-4-14-24(17-22)16-20-7-5-19(6-8-20)10-13-23/h5-8H,2-4,9-18,23H2,1H3/t22-/m0/s1. The Kier molecular flexibility index (Phi) is 6.71. The number of hydrogen-bond donors (Lipinski definition) is 1. The maximum Gasteiger partial charge on any atom is 0.222 e. The fraction of sp³-hybridized carbons (Fsp3) is 0.682. The van der Waals surface area contributed by atoms with E-state index in [1.54, 1.807) is 0 Å². The van der Waals surface area contributed by atoms with Gasteiger partial charge in [0.25, 0.3) is 0 Å². The molecular formula is C22H35N3O. The fourth-order valence-corrected chi connectivity index (χ4v) is 4.67.